The molecule has 72 valence electrons. The van der Waals surface area contributed by atoms with Crippen LogP contribution in [0.3, 0.4) is 0 Å². The van der Waals surface area contributed by atoms with Gasteiger partial charge in [0.05, 0.1) is 13.2 Å². The molecule has 3 nitrogen and oxygen atoms in total. The van der Waals surface area contributed by atoms with Crippen molar-refractivity contribution in [1.82, 2.24) is 4.98 Å². The number of aromatic nitrogens is 1. The Balaban J connectivity index is 2.47. The molecule has 1 heterocycles. The fourth-order valence-electron chi connectivity index (χ4n) is 0.966. The molecule has 1 rings (SSSR count). The van der Waals surface area contributed by atoms with Gasteiger partial charge in [-0.05, 0) is 24.6 Å². The topological polar surface area (TPSA) is 45.9 Å². The van der Waals surface area contributed by atoms with Crippen LogP contribution in [-0.2, 0) is 11.3 Å². The smallest absolute Gasteiger partial charge is 0.140 e. The maximum absolute atomic E-state index is 8.61. The Kier molecular flexibility index (Phi) is 4.39. The van der Waals surface area contributed by atoms with Crippen LogP contribution in [-0.4, -0.2) is 11.6 Å². The molecule has 0 atom stereocenters. The minimum atomic E-state index is 0.428. The molecular weight excluding hydrogens is 176 g/mol. The standard InChI is InChI=1S/C11H12N2O/c1-2-3-6-14-9-10-4-5-13-11(7-10)8-12/h2-5,7H,6,9H2,1H3. The van der Waals surface area contributed by atoms with Crippen molar-refractivity contribution >= 4 is 0 Å². The van der Waals surface area contributed by atoms with Crippen molar-refractivity contribution in [3.63, 3.8) is 0 Å². The lowest BCUT2D eigenvalue weighted by molar-refractivity contribution is 0.148. The van der Waals surface area contributed by atoms with Crippen molar-refractivity contribution in [2.45, 2.75) is 13.5 Å². The molecule has 0 N–H and O–H groups in total. The van der Waals surface area contributed by atoms with E-state index in [2.05, 4.69) is 4.98 Å². The number of rotatable bonds is 4. The molecule has 1 aromatic rings. The molecular formula is C11H12N2O. The molecule has 0 saturated carbocycles. The van der Waals surface area contributed by atoms with Gasteiger partial charge in [-0.15, -0.1) is 0 Å². The van der Waals surface area contributed by atoms with Crippen molar-refractivity contribution < 1.29 is 4.74 Å². The summed E-state index contributed by atoms with van der Waals surface area (Å²) >= 11 is 0. The van der Waals surface area contributed by atoms with Gasteiger partial charge in [0.2, 0.25) is 0 Å². The number of hydrogen-bond acceptors (Lipinski definition) is 3. The second-order valence-corrected chi connectivity index (χ2v) is 2.75. The first-order valence-corrected chi connectivity index (χ1v) is 4.40. The number of ether oxygens (including phenoxy) is 1. The maximum atomic E-state index is 8.61. The van der Waals surface area contributed by atoms with E-state index < -0.39 is 0 Å². The Morgan fingerprint density at radius 2 is 2.50 bits per heavy atom. The molecule has 0 bridgehead atoms. The van der Waals surface area contributed by atoms with Crippen LogP contribution >= 0.6 is 0 Å². The molecule has 0 fully saturated rings. The highest BCUT2D eigenvalue weighted by atomic mass is 16.5. The van der Waals surface area contributed by atoms with Gasteiger partial charge >= 0.3 is 0 Å². The molecule has 0 radical (unpaired) electrons. The third-order valence-corrected chi connectivity index (χ3v) is 1.66. The zero-order valence-corrected chi connectivity index (χ0v) is 8.10. The van der Waals surface area contributed by atoms with Crippen LogP contribution < -0.4 is 0 Å². The zero-order valence-electron chi connectivity index (χ0n) is 8.10. The first-order chi connectivity index (χ1) is 6.86. The van der Waals surface area contributed by atoms with E-state index >= 15 is 0 Å². The predicted octanol–water partition coefficient (Wildman–Crippen LogP) is 2.05. The average Bonchev–Trinajstić information content (AvgIpc) is 2.25. The summed E-state index contributed by atoms with van der Waals surface area (Å²) in [6.07, 6.45) is 5.49. The van der Waals surface area contributed by atoms with Gasteiger partial charge in [0, 0.05) is 6.20 Å². The third kappa shape index (κ3) is 3.38. The van der Waals surface area contributed by atoms with Gasteiger partial charge < -0.3 is 4.74 Å². The summed E-state index contributed by atoms with van der Waals surface area (Å²) in [4.78, 5) is 3.87. The van der Waals surface area contributed by atoms with Crippen LogP contribution in [0.2, 0.25) is 0 Å². The van der Waals surface area contributed by atoms with Crippen molar-refractivity contribution in [2.75, 3.05) is 6.61 Å². The van der Waals surface area contributed by atoms with E-state index in [-0.39, 0.29) is 0 Å². The second-order valence-electron chi connectivity index (χ2n) is 2.75. The first kappa shape index (κ1) is 10.4. The maximum Gasteiger partial charge on any atom is 0.140 e. The van der Waals surface area contributed by atoms with Crippen LogP contribution in [0.4, 0.5) is 0 Å². The number of nitrogens with zero attached hydrogens (tertiary/aromatic N) is 2. The fourth-order valence-corrected chi connectivity index (χ4v) is 0.966. The second kappa shape index (κ2) is 5.90. The molecule has 0 unspecified atom stereocenters. The largest absolute Gasteiger partial charge is 0.373 e. The fraction of sp³-hybridized carbons (Fsp3) is 0.273. The molecule has 0 aliphatic rings. The van der Waals surface area contributed by atoms with Crippen molar-refractivity contribution in [3.8, 4) is 6.07 Å². The Morgan fingerprint density at radius 1 is 1.64 bits per heavy atom. The van der Waals surface area contributed by atoms with Gasteiger partial charge in [-0.1, -0.05) is 12.2 Å². The minimum absolute atomic E-state index is 0.428. The van der Waals surface area contributed by atoms with Crippen molar-refractivity contribution in [3.05, 3.63) is 41.7 Å². The minimum Gasteiger partial charge on any atom is -0.373 e. The Hall–Kier alpha value is -1.66. The molecule has 1 aromatic heterocycles. The molecule has 0 aliphatic heterocycles. The quantitative estimate of drug-likeness (QED) is 0.536. The van der Waals surface area contributed by atoms with E-state index in [0.717, 1.165) is 5.56 Å². The third-order valence-electron chi connectivity index (χ3n) is 1.66. The highest BCUT2D eigenvalue weighted by Crippen LogP contribution is 2.02. The molecule has 0 aromatic carbocycles. The van der Waals surface area contributed by atoms with Crippen molar-refractivity contribution in [2.24, 2.45) is 0 Å². The van der Waals surface area contributed by atoms with Crippen molar-refractivity contribution in [1.29, 1.82) is 5.26 Å². The summed E-state index contributed by atoms with van der Waals surface area (Å²) in [5, 5.41) is 8.61. The molecule has 0 aliphatic carbocycles. The number of pyridine rings is 1. The Labute approximate surface area is 83.7 Å². The molecule has 0 amide bonds. The van der Waals surface area contributed by atoms with Crippen LogP contribution in [0.5, 0.6) is 0 Å². The summed E-state index contributed by atoms with van der Waals surface area (Å²) in [5.74, 6) is 0. The lowest BCUT2D eigenvalue weighted by Gasteiger charge is -2.00. The number of allylic oxidation sites excluding steroid dienone is 1. The van der Waals surface area contributed by atoms with E-state index in [1.54, 1.807) is 12.3 Å². The average molecular weight is 188 g/mol. The summed E-state index contributed by atoms with van der Waals surface area (Å²) < 4.78 is 5.34. The summed E-state index contributed by atoms with van der Waals surface area (Å²) in [7, 11) is 0. The normalized spacial score (nSPS) is 10.3. The van der Waals surface area contributed by atoms with Gasteiger partial charge in [-0.25, -0.2) is 4.98 Å². The number of hydrogen-bond donors (Lipinski definition) is 0. The molecule has 0 saturated heterocycles. The SMILES string of the molecule is CC=CCOCc1ccnc(C#N)c1. The van der Waals surface area contributed by atoms with E-state index in [1.807, 2.05) is 31.2 Å². The van der Waals surface area contributed by atoms with Gasteiger partial charge in [0.25, 0.3) is 0 Å². The predicted molar refractivity (Wildman–Crippen MR) is 53.4 cm³/mol. The van der Waals surface area contributed by atoms with E-state index in [1.165, 1.54) is 0 Å². The van der Waals surface area contributed by atoms with Gasteiger partial charge in [-0.2, -0.15) is 5.26 Å². The monoisotopic (exact) mass is 188 g/mol. The highest BCUT2D eigenvalue weighted by molar-refractivity contribution is 5.24. The van der Waals surface area contributed by atoms with Gasteiger partial charge in [0.1, 0.15) is 11.8 Å². The molecule has 3 heteroatoms. The molecule has 14 heavy (non-hydrogen) atoms. The van der Waals surface area contributed by atoms with Gasteiger partial charge in [-0.3, -0.25) is 0 Å². The van der Waals surface area contributed by atoms with Gasteiger partial charge in [0.15, 0.2) is 0 Å². The van der Waals surface area contributed by atoms with E-state index in [0.29, 0.717) is 18.9 Å². The summed E-state index contributed by atoms with van der Waals surface area (Å²) in [5.41, 5.74) is 1.40. The van der Waals surface area contributed by atoms with E-state index in [9.17, 15) is 0 Å². The van der Waals surface area contributed by atoms with Crippen LogP contribution in [0.25, 0.3) is 0 Å². The first-order valence-electron chi connectivity index (χ1n) is 4.40. The van der Waals surface area contributed by atoms with Crippen LogP contribution in [0, 0.1) is 11.3 Å². The Bertz CT molecular complexity index is 353. The molecule has 0 spiro atoms. The lowest BCUT2D eigenvalue weighted by atomic mass is 10.2. The van der Waals surface area contributed by atoms with Crippen LogP contribution in [0.15, 0.2) is 30.5 Å². The highest BCUT2D eigenvalue weighted by Gasteiger charge is 1.95. The van der Waals surface area contributed by atoms with Crippen LogP contribution in [0.1, 0.15) is 18.2 Å². The number of nitriles is 1. The zero-order chi connectivity index (χ0) is 10.2. The summed E-state index contributed by atoms with van der Waals surface area (Å²) in [6.45, 7) is 3.06. The summed E-state index contributed by atoms with van der Waals surface area (Å²) in [6, 6.07) is 5.56. The van der Waals surface area contributed by atoms with E-state index in [4.69, 9.17) is 10.00 Å². The lowest BCUT2D eigenvalue weighted by Crippen LogP contribution is -1.94. The Morgan fingerprint density at radius 3 is 3.21 bits per heavy atom.